The van der Waals surface area contributed by atoms with Gasteiger partial charge in [0, 0.05) is 12.2 Å². The third kappa shape index (κ3) is 5.76. The fraction of sp³-hybridized carbons (Fsp3) is 0.250. The second kappa shape index (κ2) is 8.40. The van der Waals surface area contributed by atoms with Crippen molar-refractivity contribution in [3.05, 3.63) is 67.3 Å². The number of para-hydroxylation sites is 1. The third-order valence-corrected chi connectivity index (χ3v) is 2.46. The number of rotatable bonds is 7. The maximum Gasteiger partial charge on any atom is 0.0342 e. The van der Waals surface area contributed by atoms with E-state index in [9.17, 15) is 0 Å². The van der Waals surface area contributed by atoms with Crippen molar-refractivity contribution in [3.8, 4) is 0 Å². The highest BCUT2D eigenvalue weighted by Gasteiger charge is 1.95. The lowest BCUT2D eigenvalue weighted by Crippen LogP contribution is -1.98. The first-order valence-corrected chi connectivity index (χ1v) is 6.06. The topological polar surface area (TPSA) is 12.0 Å². The van der Waals surface area contributed by atoms with Crippen molar-refractivity contribution in [2.45, 2.75) is 13.3 Å². The summed E-state index contributed by atoms with van der Waals surface area (Å²) in [6.07, 6.45) is 11.6. The first-order chi connectivity index (χ1) is 8.36. The number of allylic oxidation sites excluding steroid dienone is 4. The van der Waals surface area contributed by atoms with Crippen LogP contribution in [0.2, 0.25) is 0 Å². The smallest absolute Gasteiger partial charge is 0.0342 e. The molecular formula is C16H21N. The van der Waals surface area contributed by atoms with E-state index in [2.05, 4.69) is 48.3 Å². The van der Waals surface area contributed by atoms with Crippen molar-refractivity contribution >= 4 is 5.69 Å². The lowest BCUT2D eigenvalue weighted by Gasteiger charge is -2.05. The van der Waals surface area contributed by atoms with E-state index in [4.69, 9.17) is 0 Å². The maximum absolute atomic E-state index is 3.78. The minimum Gasteiger partial charge on any atom is -0.382 e. The van der Waals surface area contributed by atoms with Gasteiger partial charge in [0.1, 0.15) is 0 Å². The molecule has 0 fully saturated rings. The molecule has 1 aromatic rings. The van der Waals surface area contributed by atoms with Crippen molar-refractivity contribution in [2.24, 2.45) is 5.92 Å². The Morgan fingerprint density at radius 3 is 2.65 bits per heavy atom. The molecule has 0 aliphatic heterocycles. The summed E-state index contributed by atoms with van der Waals surface area (Å²) >= 11 is 0. The van der Waals surface area contributed by atoms with Crippen LogP contribution < -0.4 is 5.32 Å². The molecular weight excluding hydrogens is 206 g/mol. The number of hydrogen-bond donors (Lipinski definition) is 1. The van der Waals surface area contributed by atoms with Crippen molar-refractivity contribution < 1.29 is 0 Å². The Morgan fingerprint density at radius 1 is 1.24 bits per heavy atom. The van der Waals surface area contributed by atoms with E-state index in [0.717, 1.165) is 18.7 Å². The predicted molar refractivity (Wildman–Crippen MR) is 77.2 cm³/mol. The fourth-order valence-corrected chi connectivity index (χ4v) is 1.64. The summed E-state index contributed by atoms with van der Waals surface area (Å²) < 4.78 is 0. The molecule has 0 spiro atoms. The number of nitrogens with one attached hydrogen (secondary N) is 1. The van der Waals surface area contributed by atoms with Crippen LogP contribution in [-0.4, -0.2) is 6.54 Å². The molecule has 0 aliphatic rings. The van der Waals surface area contributed by atoms with Crippen LogP contribution >= 0.6 is 0 Å². The molecule has 1 atom stereocenters. The van der Waals surface area contributed by atoms with Gasteiger partial charge in [0.15, 0.2) is 0 Å². The first-order valence-electron chi connectivity index (χ1n) is 6.06. The van der Waals surface area contributed by atoms with E-state index in [1.54, 1.807) is 0 Å². The van der Waals surface area contributed by atoms with Crippen molar-refractivity contribution in [1.82, 2.24) is 0 Å². The molecule has 17 heavy (non-hydrogen) atoms. The lowest BCUT2D eigenvalue weighted by atomic mass is 10.0. The van der Waals surface area contributed by atoms with Crippen LogP contribution in [0.25, 0.3) is 0 Å². The third-order valence-electron chi connectivity index (χ3n) is 2.46. The van der Waals surface area contributed by atoms with Gasteiger partial charge in [-0.1, -0.05) is 48.6 Å². The van der Waals surface area contributed by atoms with E-state index in [-0.39, 0.29) is 0 Å². The highest BCUT2D eigenvalue weighted by Crippen LogP contribution is 2.08. The van der Waals surface area contributed by atoms with Gasteiger partial charge < -0.3 is 5.32 Å². The lowest BCUT2D eigenvalue weighted by molar-refractivity contribution is 0.829. The monoisotopic (exact) mass is 227 g/mol. The van der Waals surface area contributed by atoms with Crippen LogP contribution in [0, 0.1) is 5.92 Å². The quantitative estimate of drug-likeness (QED) is 0.680. The average Bonchev–Trinajstić information content (AvgIpc) is 2.36. The Labute approximate surface area is 105 Å². The zero-order valence-corrected chi connectivity index (χ0v) is 10.5. The summed E-state index contributed by atoms with van der Waals surface area (Å²) in [7, 11) is 0. The van der Waals surface area contributed by atoms with Gasteiger partial charge in [-0.05, 0) is 31.4 Å². The van der Waals surface area contributed by atoms with Gasteiger partial charge in [-0.25, -0.2) is 0 Å². The maximum atomic E-state index is 3.78. The van der Waals surface area contributed by atoms with Crippen LogP contribution in [0.4, 0.5) is 5.69 Å². The van der Waals surface area contributed by atoms with Gasteiger partial charge in [-0.15, -0.1) is 6.58 Å². The van der Waals surface area contributed by atoms with Crippen LogP contribution in [0.3, 0.4) is 0 Å². The standard InChI is InChI=1S/C16H21N/c1-3-9-15(10-4-2)11-8-14-17-16-12-6-5-7-13-16/h3-8,10-13,15,17H,1,9,14H2,2H3/b10-4+,11-8+. The second-order valence-electron chi connectivity index (χ2n) is 3.89. The number of anilines is 1. The minimum absolute atomic E-state index is 0.468. The van der Waals surface area contributed by atoms with Crippen molar-refractivity contribution in [2.75, 3.05) is 11.9 Å². The molecule has 0 aliphatic carbocycles. The highest BCUT2D eigenvalue weighted by molar-refractivity contribution is 5.42. The summed E-state index contributed by atoms with van der Waals surface area (Å²) in [5, 5.41) is 3.35. The van der Waals surface area contributed by atoms with Gasteiger partial charge in [-0.3, -0.25) is 0 Å². The zero-order chi connectivity index (χ0) is 12.3. The number of hydrogen-bond acceptors (Lipinski definition) is 1. The van der Waals surface area contributed by atoms with Crippen LogP contribution in [0.1, 0.15) is 13.3 Å². The average molecular weight is 227 g/mol. The molecule has 1 heteroatoms. The van der Waals surface area contributed by atoms with E-state index in [1.165, 1.54) is 0 Å². The minimum atomic E-state index is 0.468. The van der Waals surface area contributed by atoms with Gasteiger partial charge in [0.05, 0.1) is 0 Å². The molecule has 0 saturated carbocycles. The number of benzene rings is 1. The van der Waals surface area contributed by atoms with E-state index < -0.39 is 0 Å². The molecule has 0 saturated heterocycles. The molecule has 0 bridgehead atoms. The fourth-order valence-electron chi connectivity index (χ4n) is 1.64. The highest BCUT2D eigenvalue weighted by atomic mass is 14.8. The SMILES string of the molecule is C=CCC(/C=C/C)/C=C/CNc1ccccc1. The molecule has 0 radical (unpaired) electrons. The van der Waals surface area contributed by atoms with E-state index in [0.29, 0.717) is 5.92 Å². The van der Waals surface area contributed by atoms with Gasteiger partial charge in [-0.2, -0.15) is 0 Å². The van der Waals surface area contributed by atoms with Crippen molar-refractivity contribution in [1.29, 1.82) is 0 Å². The summed E-state index contributed by atoms with van der Waals surface area (Å²) in [4.78, 5) is 0. The van der Waals surface area contributed by atoms with Crippen LogP contribution in [0.5, 0.6) is 0 Å². The summed E-state index contributed by atoms with van der Waals surface area (Å²) in [5.41, 5.74) is 1.16. The summed E-state index contributed by atoms with van der Waals surface area (Å²) in [6, 6.07) is 10.2. The Balaban J connectivity index is 2.36. The molecule has 1 nitrogen and oxygen atoms in total. The molecule has 90 valence electrons. The molecule has 1 unspecified atom stereocenters. The molecule has 1 rings (SSSR count). The van der Waals surface area contributed by atoms with Gasteiger partial charge in [0.2, 0.25) is 0 Å². The van der Waals surface area contributed by atoms with E-state index in [1.807, 2.05) is 31.2 Å². The second-order valence-corrected chi connectivity index (χ2v) is 3.89. The Bertz CT molecular complexity index is 362. The molecule has 0 amide bonds. The molecule has 1 aromatic carbocycles. The van der Waals surface area contributed by atoms with Crippen LogP contribution in [0.15, 0.2) is 67.3 Å². The zero-order valence-electron chi connectivity index (χ0n) is 10.5. The summed E-state index contributed by atoms with van der Waals surface area (Å²) in [5.74, 6) is 0.468. The predicted octanol–water partition coefficient (Wildman–Crippen LogP) is 4.42. The van der Waals surface area contributed by atoms with Crippen LogP contribution in [-0.2, 0) is 0 Å². The van der Waals surface area contributed by atoms with Crippen molar-refractivity contribution in [3.63, 3.8) is 0 Å². The molecule has 1 N–H and O–H groups in total. The first kappa shape index (κ1) is 13.3. The van der Waals surface area contributed by atoms with E-state index >= 15 is 0 Å². The normalized spacial score (nSPS) is 13.0. The Kier molecular flexibility index (Phi) is 6.57. The Hall–Kier alpha value is -1.76. The van der Waals surface area contributed by atoms with Gasteiger partial charge in [0.25, 0.3) is 0 Å². The summed E-state index contributed by atoms with van der Waals surface area (Å²) in [6.45, 7) is 6.68. The van der Waals surface area contributed by atoms with Gasteiger partial charge >= 0.3 is 0 Å². The molecule has 0 heterocycles. The molecule has 0 aromatic heterocycles. The largest absolute Gasteiger partial charge is 0.382 e. The Morgan fingerprint density at radius 2 is 2.00 bits per heavy atom.